The molecule has 11 nitrogen and oxygen atoms in total. The molecule has 4 aromatic rings. The minimum atomic E-state index is -3.68. The van der Waals surface area contributed by atoms with Crippen molar-refractivity contribution in [3.63, 3.8) is 0 Å². The first-order chi connectivity index (χ1) is 17.0. The van der Waals surface area contributed by atoms with Crippen LogP contribution in [0, 0.1) is 5.82 Å². The van der Waals surface area contributed by atoms with E-state index in [-0.39, 0.29) is 28.8 Å². The molecule has 0 aliphatic rings. The number of aromatic nitrogens is 4. The van der Waals surface area contributed by atoms with Gasteiger partial charge in [0.2, 0.25) is 5.91 Å². The van der Waals surface area contributed by atoms with E-state index in [9.17, 15) is 22.4 Å². The van der Waals surface area contributed by atoms with Crippen LogP contribution < -0.4 is 16.4 Å². The second-order valence-corrected chi connectivity index (χ2v) is 10.0. The molecule has 4 N–H and O–H groups in total. The molecule has 0 aliphatic carbocycles. The third kappa shape index (κ3) is 5.30. The van der Waals surface area contributed by atoms with Crippen LogP contribution in [-0.4, -0.2) is 52.8 Å². The van der Waals surface area contributed by atoms with Gasteiger partial charge in [0, 0.05) is 17.8 Å². The van der Waals surface area contributed by atoms with Gasteiger partial charge >= 0.3 is 0 Å². The summed E-state index contributed by atoms with van der Waals surface area (Å²) in [6.07, 6.45) is 5.46. The van der Waals surface area contributed by atoms with E-state index in [1.165, 1.54) is 36.7 Å². The topological polar surface area (TPSA) is 162 Å². The van der Waals surface area contributed by atoms with Gasteiger partial charge in [-0.3, -0.25) is 14.6 Å². The molecule has 0 bridgehead atoms. The lowest BCUT2D eigenvalue weighted by Crippen LogP contribution is -2.27. The van der Waals surface area contributed by atoms with Crippen molar-refractivity contribution >= 4 is 38.4 Å². The predicted molar refractivity (Wildman–Crippen MR) is 130 cm³/mol. The number of amides is 2. The van der Waals surface area contributed by atoms with Gasteiger partial charge in [-0.05, 0) is 48.9 Å². The lowest BCUT2D eigenvalue weighted by Gasteiger charge is -2.17. The number of fused-ring (bicyclic) bond motifs is 1. The van der Waals surface area contributed by atoms with E-state index in [0.717, 1.165) is 6.26 Å². The zero-order valence-electron chi connectivity index (χ0n) is 19.3. The molecule has 0 radical (unpaired) electrons. The number of pyridine rings is 2. The molecule has 0 unspecified atom stereocenters. The van der Waals surface area contributed by atoms with Gasteiger partial charge in [0.15, 0.2) is 14.9 Å². The number of benzene rings is 1. The van der Waals surface area contributed by atoms with Gasteiger partial charge in [-0.2, -0.15) is 5.10 Å². The number of carbonyl (C=O) groups excluding carboxylic acids is 2. The van der Waals surface area contributed by atoms with Gasteiger partial charge in [0.25, 0.3) is 5.91 Å². The van der Waals surface area contributed by atoms with E-state index in [4.69, 9.17) is 5.73 Å². The number of halogens is 1. The maximum atomic E-state index is 13.3. The first-order valence-corrected chi connectivity index (χ1v) is 12.5. The van der Waals surface area contributed by atoms with Gasteiger partial charge in [-0.25, -0.2) is 22.5 Å². The van der Waals surface area contributed by atoms with Gasteiger partial charge in [0.1, 0.15) is 11.6 Å². The Morgan fingerprint density at radius 2 is 1.86 bits per heavy atom. The van der Waals surface area contributed by atoms with Crippen LogP contribution in [-0.2, 0) is 14.6 Å². The Bertz CT molecular complexity index is 1570. The summed E-state index contributed by atoms with van der Waals surface area (Å²) in [6, 6.07) is 7.96. The van der Waals surface area contributed by atoms with Crippen molar-refractivity contribution in [1.29, 1.82) is 0 Å². The standard InChI is InChI=1S/C23H22FN7O4S/c1-13(14-7-21(27-12-20(25)32)30-22(8-14)36(2,34)35)29-23(33)18-9-26-11-19-17(18)10-28-31(19)16-5-3-15(24)4-6-16/h3-11,13H,12H2,1-2H3,(H2,25,32)(H,27,30)(H,29,33)/t13-/m0/s1. The van der Waals surface area contributed by atoms with Crippen molar-refractivity contribution in [2.24, 2.45) is 5.73 Å². The number of hydrogen-bond donors (Lipinski definition) is 3. The summed E-state index contributed by atoms with van der Waals surface area (Å²) >= 11 is 0. The van der Waals surface area contributed by atoms with Crippen LogP contribution in [0.2, 0.25) is 0 Å². The highest BCUT2D eigenvalue weighted by molar-refractivity contribution is 7.90. The number of primary amides is 1. The molecule has 3 heterocycles. The monoisotopic (exact) mass is 511 g/mol. The molecule has 0 spiro atoms. The quantitative estimate of drug-likeness (QED) is 0.322. The average Bonchev–Trinajstić information content (AvgIpc) is 3.26. The molecule has 13 heteroatoms. The van der Waals surface area contributed by atoms with E-state index in [1.807, 2.05) is 0 Å². The van der Waals surface area contributed by atoms with Gasteiger partial charge in [-0.1, -0.05) is 0 Å². The minimum absolute atomic E-state index is 0.122. The summed E-state index contributed by atoms with van der Waals surface area (Å²) < 4.78 is 39.1. The SMILES string of the molecule is C[C@H](NC(=O)c1cncc2c1cnn2-c1ccc(F)cc1)c1cc(NCC(N)=O)nc(S(C)(=O)=O)c1. The predicted octanol–water partition coefficient (Wildman–Crippen LogP) is 1.75. The second-order valence-electron chi connectivity index (χ2n) is 8.06. The molecule has 4 rings (SSSR count). The third-order valence-electron chi connectivity index (χ3n) is 5.31. The summed E-state index contributed by atoms with van der Waals surface area (Å²) in [5.74, 6) is -1.38. The van der Waals surface area contributed by atoms with Crippen molar-refractivity contribution < 1.29 is 22.4 Å². The number of rotatable bonds is 8. The van der Waals surface area contributed by atoms with Crippen molar-refractivity contribution in [3.05, 3.63) is 71.9 Å². The third-order valence-corrected chi connectivity index (χ3v) is 6.28. The first kappa shape index (κ1) is 24.7. The molecule has 0 saturated heterocycles. The maximum Gasteiger partial charge on any atom is 0.254 e. The van der Waals surface area contributed by atoms with Crippen LogP contribution in [0.3, 0.4) is 0 Å². The van der Waals surface area contributed by atoms with Crippen molar-refractivity contribution in [3.8, 4) is 5.69 Å². The number of nitrogens with zero attached hydrogens (tertiary/aromatic N) is 4. The van der Waals surface area contributed by atoms with Crippen LogP contribution in [0.25, 0.3) is 16.6 Å². The van der Waals surface area contributed by atoms with Crippen molar-refractivity contribution in [2.75, 3.05) is 18.1 Å². The fraction of sp³-hybridized carbons (Fsp3) is 0.174. The first-order valence-electron chi connectivity index (χ1n) is 10.7. The maximum absolute atomic E-state index is 13.3. The summed E-state index contributed by atoms with van der Waals surface area (Å²) in [5.41, 5.74) is 6.98. The summed E-state index contributed by atoms with van der Waals surface area (Å²) in [6.45, 7) is 1.43. The van der Waals surface area contributed by atoms with Crippen LogP contribution in [0.15, 0.2) is 60.0 Å². The van der Waals surface area contributed by atoms with E-state index in [2.05, 4.69) is 25.7 Å². The molecule has 0 saturated carbocycles. The lowest BCUT2D eigenvalue weighted by molar-refractivity contribution is -0.116. The number of nitrogens with one attached hydrogen (secondary N) is 2. The second kappa shape index (κ2) is 9.70. The number of hydrogen-bond acceptors (Lipinski definition) is 8. The average molecular weight is 512 g/mol. The Labute approximate surface area is 205 Å². The van der Waals surface area contributed by atoms with Crippen LogP contribution in [0.5, 0.6) is 0 Å². The Hall–Kier alpha value is -4.39. The fourth-order valence-corrected chi connectivity index (χ4v) is 4.12. The van der Waals surface area contributed by atoms with Gasteiger partial charge < -0.3 is 16.4 Å². The van der Waals surface area contributed by atoms with Crippen LogP contribution >= 0.6 is 0 Å². The van der Waals surface area contributed by atoms with Gasteiger partial charge in [-0.15, -0.1) is 0 Å². The Kier molecular flexibility index (Phi) is 6.66. The zero-order chi connectivity index (χ0) is 26.0. The number of anilines is 1. The molecule has 1 aromatic carbocycles. The molecule has 2 amide bonds. The van der Waals surface area contributed by atoms with Gasteiger partial charge in [0.05, 0.1) is 41.7 Å². The largest absolute Gasteiger partial charge is 0.368 e. The molecular formula is C23H22FN7O4S. The normalized spacial score (nSPS) is 12.3. The Morgan fingerprint density at radius 1 is 1.14 bits per heavy atom. The lowest BCUT2D eigenvalue weighted by atomic mass is 10.1. The molecular weight excluding hydrogens is 489 g/mol. The number of carbonyl (C=O) groups is 2. The molecule has 3 aromatic heterocycles. The molecule has 36 heavy (non-hydrogen) atoms. The Balaban J connectivity index is 1.63. The fourth-order valence-electron chi connectivity index (χ4n) is 3.50. The zero-order valence-corrected chi connectivity index (χ0v) is 20.1. The molecule has 0 fully saturated rings. The van der Waals surface area contributed by atoms with Crippen molar-refractivity contribution in [1.82, 2.24) is 25.1 Å². The molecule has 186 valence electrons. The summed E-state index contributed by atoms with van der Waals surface area (Å²) in [4.78, 5) is 32.4. The summed E-state index contributed by atoms with van der Waals surface area (Å²) in [5, 5.41) is 10.1. The van der Waals surface area contributed by atoms with Crippen molar-refractivity contribution in [2.45, 2.75) is 18.0 Å². The Morgan fingerprint density at radius 3 is 2.53 bits per heavy atom. The highest BCUT2D eigenvalue weighted by Crippen LogP contribution is 2.24. The highest BCUT2D eigenvalue weighted by atomic mass is 32.2. The minimum Gasteiger partial charge on any atom is -0.368 e. The smallest absolute Gasteiger partial charge is 0.254 e. The number of nitrogens with two attached hydrogens (primary N) is 1. The highest BCUT2D eigenvalue weighted by Gasteiger charge is 2.20. The van der Waals surface area contributed by atoms with Crippen LogP contribution in [0.4, 0.5) is 10.2 Å². The summed E-state index contributed by atoms with van der Waals surface area (Å²) in [7, 11) is -3.68. The van der Waals surface area contributed by atoms with Crippen LogP contribution in [0.1, 0.15) is 28.9 Å². The van der Waals surface area contributed by atoms with E-state index >= 15 is 0 Å². The van der Waals surface area contributed by atoms with E-state index < -0.39 is 27.7 Å². The number of sulfone groups is 1. The van der Waals surface area contributed by atoms with E-state index in [0.29, 0.717) is 22.2 Å². The van der Waals surface area contributed by atoms with E-state index in [1.54, 1.807) is 29.9 Å². The molecule has 1 atom stereocenters. The molecule has 0 aliphatic heterocycles.